The van der Waals surface area contributed by atoms with Gasteiger partial charge in [-0.1, -0.05) is 13.8 Å². The van der Waals surface area contributed by atoms with Crippen LogP contribution in [0.25, 0.3) is 0 Å². The highest BCUT2D eigenvalue weighted by atomic mass is 19.4. The first-order chi connectivity index (χ1) is 13.7. The summed E-state index contributed by atoms with van der Waals surface area (Å²) in [5.74, 6) is 0.972. The molecule has 0 spiro atoms. The van der Waals surface area contributed by atoms with Gasteiger partial charge in [-0.3, -0.25) is 0 Å². The minimum absolute atomic E-state index is 0.0785. The Balaban J connectivity index is 1.90. The SMILES string of the molecule is COc1ccc(Nc2cc(C3CC3)nc(N[C@H](CO)C(C)C)n2)cc1C(F)(F)F. The van der Waals surface area contributed by atoms with Crippen LogP contribution in [0.4, 0.5) is 30.6 Å². The van der Waals surface area contributed by atoms with Gasteiger partial charge in [0.15, 0.2) is 0 Å². The highest BCUT2D eigenvalue weighted by Crippen LogP contribution is 2.41. The average Bonchev–Trinajstić information content (AvgIpc) is 3.50. The van der Waals surface area contributed by atoms with Gasteiger partial charge in [-0.25, -0.2) is 4.98 Å². The molecular weight excluding hydrogens is 385 g/mol. The number of hydrogen-bond acceptors (Lipinski definition) is 6. The zero-order chi connectivity index (χ0) is 21.2. The van der Waals surface area contributed by atoms with Gasteiger partial charge in [0.2, 0.25) is 5.95 Å². The maximum Gasteiger partial charge on any atom is 0.420 e. The van der Waals surface area contributed by atoms with Crippen LogP contribution in [0.3, 0.4) is 0 Å². The second kappa shape index (κ2) is 8.44. The van der Waals surface area contributed by atoms with Crippen LogP contribution in [0, 0.1) is 5.92 Å². The smallest absolute Gasteiger partial charge is 0.420 e. The molecule has 29 heavy (non-hydrogen) atoms. The van der Waals surface area contributed by atoms with E-state index in [0.29, 0.717) is 17.7 Å². The Morgan fingerprint density at radius 3 is 2.48 bits per heavy atom. The first kappa shape index (κ1) is 21.2. The number of anilines is 3. The minimum Gasteiger partial charge on any atom is -0.496 e. The predicted octanol–water partition coefficient (Wildman–Crippen LogP) is 4.55. The molecule has 3 N–H and O–H groups in total. The number of aliphatic hydroxyl groups excluding tert-OH is 1. The maximum atomic E-state index is 13.3. The molecule has 0 unspecified atom stereocenters. The fourth-order valence-electron chi connectivity index (χ4n) is 2.93. The minimum atomic E-state index is -4.54. The summed E-state index contributed by atoms with van der Waals surface area (Å²) in [7, 11) is 1.20. The van der Waals surface area contributed by atoms with Crippen molar-refractivity contribution in [2.24, 2.45) is 5.92 Å². The lowest BCUT2D eigenvalue weighted by molar-refractivity contribution is -0.138. The summed E-state index contributed by atoms with van der Waals surface area (Å²) in [6.45, 7) is 3.85. The van der Waals surface area contributed by atoms with Crippen molar-refractivity contribution in [1.82, 2.24) is 9.97 Å². The van der Waals surface area contributed by atoms with Crippen LogP contribution < -0.4 is 15.4 Å². The molecule has 1 heterocycles. The third-order valence-electron chi connectivity index (χ3n) is 4.83. The molecule has 2 aromatic rings. The molecule has 0 amide bonds. The number of rotatable bonds is 8. The topological polar surface area (TPSA) is 79.3 Å². The number of ether oxygens (including phenoxy) is 1. The van der Waals surface area contributed by atoms with Gasteiger partial charge >= 0.3 is 6.18 Å². The van der Waals surface area contributed by atoms with Crippen LogP contribution in [0.5, 0.6) is 5.75 Å². The van der Waals surface area contributed by atoms with E-state index in [1.165, 1.54) is 19.2 Å². The van der Waals surface area contributed by atoms with Gasteiger partial charge in [-0.05, 0) is 37.0 Å². The fourth-order valence-corrected chi connectivity index (χ4v) is 2.93. The summed E-state index contributed by atoms with van der Waals surface area (Å²) in [6.07, 6.45) is -2.50. The molecule has 1 atom stereocenters. The van der Waals surface area contributed by atoms with E-state index in [1.54, 1.807) is 6.07 Å². The zero-order valence-corrected chi connectivity index (χ0v) is 16.5. The molecule has 0 bridgehead atoms. The van der Waals surface area contributed by atoms with Crippen LogP contribution in [0.1, 0.15) is 43.9 Å². The molecule has 1 saturated carbocycles. The summed E-state index contributed by atoms with van der Waals surface area (Å²) in [5, 5.41) is 15.6. The molecule has 158 valence electrons. The van der Waals surface area contributed by atoms with Crippen LogP contribution in [0.2, 0.25) is 0 Å². The van der Waals surface area contributed by atoms with Crippen molar-refractivity contribution in [3.05, 3.63) is 35.5 Å². The van der Waals surface area contributed by atoms with Crippen molar-refractivity contribution in [1.29, 1.82) is 0 Å². The molecule has 1 aromatic carbocycles. The summed E-state index contributed by atoms with van der Waals surface area (Å²) in [6, 6.07) is 5.30. The van der Waals surface area contributed by atoms with E-state index < -0.39 is 11.7 Å². The summed E-state index contributed by atoms with van der Waals surface area (Å²) in [5.41, 5.74) is 0.210. The van der Waals surface area contributed by atoms with Crippen molar-refractivity contribution in [2.75, 3.05) is 24.4 Å². The summed E-state index contributed by atoms with van der Waals surface area (Å²) >= 11 is 0. The number of hydrogen-bond donors (Lipinski definition) is 3. The zero-order valence-electron chi connectivity index (χ0n) is 16.5. The number of aliphatic hydroxyl groups is 1. The fraction of sp³-hybridized carbons (Fsp3) is 0.500. The van der Waals surface area contributed by atoms with E-state index in [2.05, 4.69) is 20.6 Å². The normalized spacial score (nSPS) is 15.3. The average molecular weight is 410 g/mol. The van der Waals surface area contributed by atoms with E-state index in [1.807, 2.05) is 13.8 Å². The second-order valence-electron chi connectivity index (χ2n) is 7.49. The lowest BCUT2D eigenvalue weighted by Crippen LogP contribution is -2.30. The largest absolute Gasteiger partial charge is 0.496 e. The number of alkyl halides is 3. The number of methoxy groups -OCH3 is 1. The van der Waals surface area contributed by atoms with Crippen LogP contribution in [-0.2, 0) is 6.18 Å². The van der Waals surface area contributed by atoms with Gasteiger partial charge in [0.1, 0.15) is 11.6 Å². The molecule has 1 aliphatic rings. The van der Waals surface area contributed by atoms with Crippen molar-refractivity contribution in [3.63, 3.8) is 0 Å². The van der Waals surface area contributed by atoms with Gasteiger partial charge < -0.3 is 20.5 Å². The van der Waals surface area contributed by atoms with Crippen molar-refractivity contribution in [3.8, 4) is 5.75 Å². The standard InChI is InChI=1S/C20H25F3N4O2/c1-11(2)16(10-28)26-19-25-15(12-4-5-12)9-18(27-19)24-13-6-7-17(29-3)14(8-13)20(21,22)23/h6-9,11-12,16,28H,4-5,10H2,1-3H3,(H2,24,25,26,27)/t16-/m1/s1. The molecule has 0 saturated heterocycles. The predicted molar refractivity (Wildman–Crippen MR) is 105 cm³/mol. The Morgan fingerprint density at radius 2 is 1.93 bits per heavy atom. The van der Waals surface area contributed by atoms with Crippen molar-refractivity contribution < 1.29 is 23.0 Å². The van der Waals surface area contributed by atoms with E-state index >= 15 is 0 Å². The van der Waals surface area contributed by atoms with Crippen molar-refractivity contribution >= 4 is 17.5 Å². The molecular formula is C20H25F3N4O2. The Morgan fingerprint density at radius 1 is 1.21 bits per heavy atom. The van der Waals surface area contributed by atoms with Crippen molar-refractivity contribution in [2.45, 2.75) is 44.8 Å². The number of nitrogens with zero attached hydrogens (tertiary/aromatic N) is 2. The molecule has 0 radical (unpaired) electrons. The monoisotopic (exact) mass is 410 g/mol. The Labute approximate surface area is 167 Å². The molecule has 1 aromatic heterocycles. The number of benzene rings is 1. The first-order valence-electron chi connectivity index (χ1n) is 9.50. The summed E-state index contributed by atoms with van der Waals surface area (Å²) < 4.78 is 44.7. The van der Waals surface area contributed by atoms with Gasteiger partial charge in [-0.2, -0.15) is 18.2 Å². The van der Waals surface area contributed by atoms with E-state index in [-0.39, 0.29) is 30.0 Å². The van der Waals surface area contributed by atoms with Crippen LogP contribution in [0.15, 0.2) is 24.3 Å². The molecule has 6 nitrogen and oxygen atoms in total. The third kappa shape index (κ3) is 5.29. The lowest BCUT2D eigenvalue weighted by Gasteiger charge is -2.21. The second-order valence-corrected chi connectivity index (χ2v) is 7.49. The molecule has 1 fully saturated rings. The number of aromatic nitrogens is 2. The lowest BCUT2D eigenvalue weighted by atomic mass is 10.1. The first-order valence-corrected chi connectivity index (χ1v) is 9.50. The Bertz CT molecular complexity index is 854. The molecule has 9 heteroatoms. The van der Waals surface area contributed by atoms with Crippen LogP contribution in [-0.4, -0.2) is 34.8 Å². The maximum absolute atomic E-state index is 13.3. The number of halogens is 3. The number of nitrogens with one attached hydrogen (secondary N) is 2. The highest BCUT2D eigenvalue weighted by Gasteiger charge is 2.34. The van der Waals surface area contributed by atoms with Gasteiger partial charge in [0.05, 0.1) is 31.0 Å². The Kier molecular flexibility index (Phi) is 6.16. The molecule has 0 aliphatic heterocycles. The van der Waals surface area contributed by atoms with E-state index in [4.69, 9.17) is 4.74 Å². The van der Waals surface area contributed by atoms with E-state index in [0.717, 1.165) is 24.6 Å². The third-order valence-corrected chi connectivity index (χ3v) is 4.83. The van der Waals surface area contributed by atoms with E-state index in [9.17, 15) is 18.3 Å². The Hall–Kier alpha value is -2.55. The van der Waals surface area contributed by atoms with Gasteiger partial charge in [-0.15, -0.1) is 0 Å². The molecule has 1 aliphatic carbocycles. The highest BCUT2D eigenvalue weighted by molar-refractivity contribution is 5.61. The van der Waals surface area contributed by atoms with Gasteiger partial charge in [0.25, 0.3) is 0 Å². The quantitative estimate of drug-likeness (QED) is 0.592. The summed E-state index contributed by atoms with van der Waals surface area (Å²) in [4.78, 5) is 8.90. The van der Waals surface area contributed by atoms with Gasteiger partial charge in [0, 0.05) is 17.7 Å². The molecule has 3 rings (SSSR count). The van der Waals surface area contributed by atoms with Crippen LogP contribution >= 0.6 is 0 Å².